The van der Waals surface area contributed by atoms with E-state index in [9.17, 15) is 9.18 Å². The van der Waals surface area contributed by atoms with Crippen LogP contribution in [0.25, 0.3) is 0 Å². The van der Waals surface area contributed by atoms with Crippen molar-refractivity contribution in [2.24, 2.45) is 5.10 Å². The molecule has 0 atom stereocenters. The summed E-state index contributed by atoms with van der Waals surface area (Å²) in [6, 6.07) is 13.4. The molecule has 172 valence electrons. The molecule has 2 aromatic carbocycles. The Morgan fingerprint density at radius 1 is 1.06 bits per heavy atom. The highest BCUT2D eigenvalue weighted by atomic mass is 32.2. The van der Waals surface area contributed by atoms with Crippen molar-refractivity contribution < 1.29 is 18.7 Å². The Balaban J connectivity index is 1.55. The molecule has 0 radical (unpaired) electrons. The second-order valence-corrected chi connectivity index (χ2v) is 8.01. The molecule has 9 heteroatoms. The number of benzene rings is 2. The van der Waals surface area contributed by atoms with Crippen molar-refractivity contribution in [2.75, 3.05) is 12.4 Å². The van der Waals surface area contributed by atoms with Crippen LogP contribution in [0, 0.1) is 19.7 Å². The molecule has 1 aromatic heterocycles. The number of carbonyl (C=O) groups excluding carboxylic acids is 1. The van der Waals surface area contributed by atoms with E-state index in [1.807, 2.05) is 26.8 Å². The molecule has 3 rings (SSSR count). The summed E-state index contributed by atoms with van der Waals surface area (Å²) in [4.78, 5) is 20.7. The molecule has 0 aliphatic rings. The Hall–Kier alpha value is -3.46. The summed E-state index contributed by atoms with van der Waals surface area (Å²) in [5.74, 6) is 0.718. The van der Waals surface area contributed by atoms with Crippen molar-refractivity contribution >= 4 is 23.9 Å². The number of rotatable bonds is 10. The summed E-state index contributed by atoms with van der Waals surface area (Å²) in [5, 5.41) is 4.57. The van der Waals surface area contributed by atoms with Crippen LogP contribution < -0.4 is 14.9 Å². The van der Waals surface area contributed by atoms with Gasteiger partial charge in [-0.1, -0.05) is 23.9 Å². The van der Waals surface area contributed by atoms with Crippen molar-refractivity contribution in [3.05, 3.63) is 76.9 Å². The number of hydrogen-bond donors (Lipinski definition) is 1. The minimum absolute atomic E-state index is 0.153. The van der Waals surface area contributed by atoms with Gasteiger partial charge in [0.05, 0.1) is 18.6 Å². The number of hydrazone groups is 1. The molecule has 0 unspecified atom stereocenters. The zero-order valence-electron chi connectivity index (χ0n) is 18.7. The maximum atomic E-state index is 13.1. The zero-order valence-corrected chi connectivity index (χ0v) is 19.5. The summed E-state index contributed by atoms with van der Waals surface area (Å²) < 4.78 is 24.6. The van der Waals surface area contributed by atoms with Crippen LogP contribution in [0.3, 0.4) is 0 Å². The first-order valence-electron chi connectivity index (χ1n) is 10.3. The van der Waals surface area contributed by atoms with Gasteiger partial charge in [-0.25, -0.2) is 19.8 Å². The summed E-state index contributed by atoms with van der Waals surface area (Å²) in [6.07, 6.45) is 1.53. The van der Waals surface area contributed by atoms with Gasteiger partial charge in [-0.05, 0) is 68.3 Å². The molecule has 0 saturated carbocycles. The minimum Gasteiger partial charge on any atom is -0.490 e. The van der Waals surface area contributed by atoms with Gasteiger partial charge in [0.2, 0.25) is 0 Å². The summed E-state index contributed by atoms with van der Waals surface area (Å²) >= 11 is 1.25. The van der Waals surface area contributed by atoms with Gasteiger partial charge >= 0.3 is 0 Å². The highest BCUT2D eigenvalue weighted by Gasteiger charge is 2.08. The first-order valence-corrected chi connectivity index (χ1v) is 11.3. The van der Waals surface area contributed by atoms with Crippen molar-refractivity contribution in [1.29, 1.82) is 0 Å². The van der Waals surface area contributed by atoms with Gasteiger partial charge in [-0.15, -0.1) is 0 Å². The number of thioether (sulfide) groups is 1. The lowest BCUT2D eigenvalue weighted by atomic mass is 10.2. The van der Waals surface area contributed by atoms with Crippen LogP contribution >= 0.6 is 11.8 Å². The molecule has 1 heterocycles. The highest BCUT2D eigenvalue weighted by molar-refractivity contribution is 7.99. The third-order valence-electron chi connectivity index (χ3n) is 4.27. The SMILES string of the molecule is CCOc1cc(/C=N\NC(=O)CSc2nc(C)cc(C)n2)ccc1OCc1ccc(F)cc1. The largest absolute Gasteiger partial charge is 0.490 e. The van der Waals surface area contributed by atoms with E-state index in [4.69, 9.17) is 9.47 Å². The van der Waals surface area contributed by atoms with Crippen molar-refractivity contribution in [2.45, 2.75) is 32.5 Å². The number of halogens is 1. The van der Waals surface area contributed by atoms with Crippen LogP contribution in [0.4, 0.5) is 4.39 Å². The molecule has 33 heavy (non-hydrogen) atoms. The van der Waals surface area contributed by atoms with Crippen LogP contribution in [0.5, 0.6) is 11.5 Å². The maximum Gasteiger partial charge on any atom is 0.250 e. The van der Waals surface area contributed by atoms with Crippen LogP contribution in [0.1, 0.15) is 29.4 Å². The zero-order chi connectivity index (χ0) is 23.6. The number of carbonyl (C=O) groups is 1. The minimum atomic E-state index is -0.290. The lowest BCUT2D eigenvalue weighted by molar-refractivity contribution is -0.118. The standard InChI is InChI=1S/C24H25FN4O3S/c1-4-31-22-12-19(7-10-21(22)32-14-18-5-8-20(25)9-6-18)13-26-29-23(30)15-33-24-27-16(2)11-17(3)28-24/h5-13H,4,14-15H2,1-3H3,(H,29,30)/b26-13-. The van der Waals surface area contributed by atoms with Gasteiger partial charge in [0, 0.05) is 11.4 Å². The fraction of sp³-hybridized carbons (Fsp3) is 0.250. The van der Waals surface area contributed by atoms with Gasteiger partial charge in [0.1, 0.15) is 12.4 Å². The monoisotopic (exact) mass is 468 g/mol. The van der Waals surface area contributed by atoms with E-state index in [0.717, 1.165) is 22.5 Å². The number of nitrogens with zero attached hydrogens (tertiary/aromatic N) is 3. The molecule has 7 nitrogen and oxygen atoms in total. The van der Waals surface area contributed by atoms with Gasteiger partial charge in [0.25, 0.3) is 5.91 Å². The summed E-state index contributed by atoms with van der Waals surface area (Å²) in [6.45, 7) is 6.40. The van der Waals surface area contributed by atoms with Crippen LogP contribution in [0.15, 0.2) is 58.8 Å². The third-order valence-corrected chi connectivity index (χ3v) is 5.12. The topological polar surface area (TPSA) is 85.7 Å². The molecule has 0 spiro atoms. The van der Waals surface area contributed by atoms with Crippen molar-refractivity contribution in [3.63, 3.8) is 0 Å². The lowest BCUT2D eigenvalue weighted by Gasteiger charge is -2.12. The number of ether oxygens (including phenoxy) is 2. The van der Waals surface area contributed by atoms with E-state index in [0.29, 0.717) is 23.3 Å². The highest BCUT2D eigenvalue weighted by Crippen LogP contribution is 2.29. The number of aryl methyl sites for hydroxylation is 2. The molecule has 0 aliphatic heterocycles. The van der Waals surface area contributed by atoms with Gasteiger partial charge in [-0.3, -0.25) is 4.79 Å². The molecule has 3 aromatic rings. The van der Waals surface area contributed by atoms with Gasteiger partial charge in [0.15, 0.2) is 16.7 Å². The molecule has 1 amide bonds. The van der Waals surface area contributed by atoms with E-state index in [1.165, 1.54) is 30.1 Å². The second kappa shape index (κ2) is 12.0. The Kier molecular flexibility index (Phi) is 8.77. The van der Waals surface area contributed by atoms with Gasteiger partial charge < -0.3 is 9.47 Å². The fourth-order valence-electron chi connectivity index (χ4n) is 2.83. The summed E-state index contributed by atoms with van der Waals surface area (Å²) in [7, 11) is 0. The van der Waals surface area contributed by atoms with Crippen molar-refractivity contribution in [1.82, 2.24) is 15.4 Å². The molecule has 1 N–H and O–H groups in total. The molecule has 0 bridgehead atoms. The number of amides is 1. The van der Waals surface area contributed by atoms with Crippen LogP contribution in [-0.2, 0) is 11.4 Å². The molecular weight excluding hydrogens is 443 g/mol. The number of aromatic nitrogens is 2. The molecule has 0 saturated heterocycles. The maximum absolute atomic E-state index is 13.1. The van der Waals surface area contributed by atoms with E-state index in [1.54, 1.807) is 30.3 Å². The average Bonchev–Trinajstić information content (AvgIpc) is 2.78. The molecule has 0 aliphatic carbocycles. The molecular formula is C24H25FN4O3S. The fourth-order valence-corrected chi connectivity index (χ4v) is 3.58. The Morgan fingerprint density at radius 3 is 2.48 bits per heavy atom. The van der Waals surface area contributed by atoms with Crippen molar-refractivity contribution in [3.8, 4) is 11.5 Å². The molecule has 0 fully saturated rings. The third kappa shape index (κ3) is 7.87. The number of hydrogen-bond acceptors (Lipinski definition) is 7. The van der Waals surface area contributed by atoms with E-state index < -0.39 is 0 Å². The Labute approximate surface area is 196 Å². The van der Waals surface area contributed by atoms with Crippen LogP contribution in [-0.4, -0.2) is 34.4 Å². The normalized spacial score (nSPS) is 10.9. The number of nitrogens with one attached hydrogen (secondary N) is 1. The van der Waals surface area contributed by atoms with E-state index in [-0.39, 0.29) is 24.1 Å². The van der Waals surface area contributed by atoms with E-state index in [2.05, 4.69) is 20.5 Å². The first-order chi connectivity index (χ1) is 15.9. The van der Waals surface area contributed by atoms with Gasteiger partial charge in [-0.2, -0.15) is 5.10 Å². The second-order valence-electron chi connectivity index (χ2n) is 7.07. The predicted molar refractivity (Wildman–Crippen MR) is 126 cm³/mol. The lowest BCUT2D eigenvalue weighted by Crippen LogP contribution is -2.19. The Bertz CT molecular complexity index is 1100. The summed E-state index contributed by atoms with van der Waals surface area (Å²) in [5.41, 5.74) is 5.80. The average molecular weight is 469 g/mol. The first kappa shape index (κ1) is 24.2. The predicted octanol–water partition coefficient (Wildman–Crippen LogP) is 4.45. The van der Waals surface area contributed by atoms with E-state index >= 15 is 0 Å². The van der Waals surface area contributed by atoms with Crippen LogP contribution in [0.2, 0.25) is 0 Å². The smallest absolute Gasteiger partial charge is 0.250 e. The Morgan fingerprint density at radius 2 is 1.79 bits per heavy atom. The quantitative estimate of drug-likeness (QED) is 0.205.